The van der Waals surface area contributed by atoms with Crippen molar-refractivity contribution < 1.29 is 0 Å². The lowest BCUT2D eigenvalue weighted by atomic mass is 10.2. The minimum atomic E-state index is 0.819. The Balaban J connectivity index is 1.82. The summed E-state index contributed by atoms with van der Waals surface area (Å²) in [6.07, 6.45) is 8.60. The zero-order chi connectivity index (χ0) is 14.9. The molecule has 0 amide bonds. The van der Waals surface area contributed by atoms with Gasteiger partial charge in [0.15, 0.2) is 0 Å². The molecule has 1 aliphatic heterocycles. The first kappa shape index (κ1) is 16.5. The fourth-order valence-corrected chi connectivity index (χ4v) is 3.07. The first-order valence-electron chi connectivity index (χ1n) is 7.87. The van der Waals surface area contributed by atoms with Crippen LogP contribution in [0.5, 0.6) is 0 Å². The Morgan fingerprint density at radius 3 is 2.86 bits per heavy atom. The van der Waals surface area contributed by atoms with Crippen LogP contribution in [0.1, 0.15) is 25.7 Å². The molecule has 0 unspecified atom stereocenters. The minimum absolute atomic E-state index is 0.819. The van der Waals surface area contributed by atoms with Gasteiger partial charge < -0.3 is 15.5 Å². The summed E-state index contributed by atoms with van der Waals surface area (Å²) >= 11 is 1.67. The minimum Gasteiger partial charge on any atom is -0.355 e. The van der Waals surface area contributed by atoms with Gasteiger partial charge in [-0.25, -0.2) is 9.97 Å². The van der Waals surface area contributed by atoms with Crippen LogP contribution in [0.3, 0.4) is 0 Å². The van der Waals surface area contributed by atoms with Crippen LogP contribution in [-0.4, -0.2) is 60.4 Å². The molecule has 0 bridgehead atoms. The zero-order valence-corrected chi connectivity index (χ0v) is 13.8. The fraction of sp³-hybridized carbons (Fsp3) is 0.733. The highest BCUT2D eigenvalue weighted by Crippen LogP contribution is 2.18. The molecule has 1 saturated heterocycles. The van der Waals surface area contributed by atoms with Crippen molar-refractivity contribution in [3.8, 4) is 0 Å². The Bertz CT molecular complexity index is 415. The third kappa shape index (κ3) is 5.45. The molecule has 5 nitrogen and oxygen atoms in total. The van der Waals surface area contributed by atoms with Crippen LogP contribution in [0, 0.1) is 0 Å². The van der Waals surface area contributed by atoms with Crippen LogP contribution < -0.4 is 10.6 Å². The molecule has 0 aromatic carbocycles. The summed E-state index contributed by atoms with van der Waals surface area (Å²) in [6, 6.07) is 2.10. The number of thioether (sulfide) groups is 1. The number of rotatable bonds is 7. The van der Waals surface area contributed by atoms with E-state index in [1.807, 2.05) is 0 Å². The molecule has 1 aromatic rings. The van der Waals surface area contributed by atoms with Gasteiger partial charge in [-0.15, -0.1) is 11.8 Å². The molecule has 0 spiro atoms. The number of hydrogen-bond donors (Lipinski definition) is 1. The van der Waals surface area contributed by atoms with Crippen LogP contribution in [0.15, 0.2) is 17.4 Å². The summed E-state index contributed by atoms with van der Waals surface area (Å²) in [5.74, 6) is 1.07. The second-order valence-electron chi connectivity index (χ2n) is 5.45. The van der Waals surface area contributed by atoms with Crippen molar-refractivity contribution in [1.82, 2.24) is 14.9 Å². The molecule has 2 heterocycles. The number of unbranched alkanes of at least 4 members (excludes halogenated alkanes) is 2. The molecule has 2 rings (SSSR count). The molecular weight excluding hydrogens is 282 g/mol. The number of nitrogens with two attached hydrogens (primary N) is 1. The highest BCUT2D eigenvalue weighted by molar-refractivity contribution is 7.98. The van der Waals surface area contributed by atoms with E-state index in [4.69, 9.17) is 5.73 Å². The third-order valence-electron chi connectivity index (χ3n) is 3.93. The summed E-state index contributed by atoms with van der Waals surface area (Å²) in [5.41, 5.74) is 5.54. The Labute approximate surface area is 132 Å². The summed E-state index contributed by atoms with van der Waals surface area (Å²) in [7, 11) is 0. The Hall–Kier alpha value is -0.850. The summed E-state index contributed by atoms with van der Waals surface area (Å²) in [5, 5.41) is 1.04. The van der Waals surface area contributed by atoms with Crippen LogP contribution in [-0.2, 0) is 0 Å². The van der Waals surface area contributed by atoms with E-state index in [1.54, 1.807) is 18.1 Å². The molecule has 0 saturated carbocycles. The van der Waals surface area contributed by atoms with E-state index in [0.29, 0.717) is 0 Å². The van der Waals surface area contributed by atoms with Gasteiger partial charge in [0.2, 0.25) is 0 Å². The SMILES string of the molecule is CSc1cc(N2CCCN(CCCCCN)CC2)ncn1. The molecule has 1 fully saturated rings. The summed E-state index contributed by atoms with van der Waals surface area (Å²) < 4.78 is 0. The largest absolute Gasteiger partial charge is 0.355 e. The molecule has 21 heavy (non-hydrogen) atoms. The van der Waals surface area contributed by atoms with Gasteiger partial charge >= 0.3 is 0 Å². The highest BCUT2D eigenvalue weighted by Gasteiger charge is 2.16. The second kappa shape index (κ2) is 9.23. The Kier molecular flexibility index (Phi) is 7.26. The van der Waals surface area contributed by atoms with E-state index in [-0.39, 0.29) is 0 Å². The number of hydrogen-bond acceptors (Lipinski definition) is 6. The van der Waals surface area contributed by atoms with E-state index < -0.39 is 0 Å². The smallest absolute Gasteiger partial charge is 0.133 e. The molecule has 0 atom stereocenters. The molecule has 1 aromatic heterocycles. The third-order valence-corrected chi connectivity index (χ3v) is 4.57. The maximum atomic E-state index is 5.54. The lowest BCUT2D eigenvalue weighted by Crippen LogP contribution is -2.31. The van der Waals surface area contributed by atoms with Crippen molar-refractivity contribution >= 4 is 17.6 Å². The maximum Gasteiger partial charge on any atom is 0.133 e. The molecule has 6 heteroatoms. The molecule has 0 radical (unpaired) electrons. The van der Waals surface area contributed by atoms with Gasteiger partial charge in [-0.2, -0.15) is 0 Å². The number of anilines is 1. The zero-order valence-electron chi connectivity index (χ0n) is 13.0. The standard InChI is InChI=1S/C15H27N5S/c1-21-15-12-14(17-13-18-15)20-9-5-8-19(10-11-20)7-4-2-3-6-16/h12-13H,2-11,16H2,1H3. The van der Waals surface area contributed by atoms with E-state index >= 15 is 0 Å². The molecular formula is C15H27N5S. The second-order valence-corrected chi connectivity index (χ2v) is 6.28. The van der Waals surface area contributed by atoms with Crippen LogP contribution >= 0.6 is 11.8 Å². The summed E-state index contributed by atoms with van der Waals surface area (Å²) in [4.78, 5) is 13.7. The van der Waals surface area contributed by atoms with E-state index in [1.165, 1.54) is 32.4 Å². The maximum absolute atomic E-state index is 5.54. The van der Waals surface area contributed by atoms with Crippen LogP contribution in [0.25, 0.3) is 0 Å². The quantitative estimate of drug-likeness (QED) is 0.471. The van der Waals surface area contributed by atoms with Gasteiger partial charge in [0.05, 0.1) is 0 Å². The van der Waals surface area contributed by atoms with E-state index in [0.717, 1.165) is 43.4 Å². The Morgan fingerprint density at radius 2 is 2.05 bits per heavy atom. The lowest BCUT2D eigenvalue weighted by molar-refractivity contribution is 0.286. The first-order valence-corrected chi connectivity index (χ1v) is 9.09. The van der Waals surface area contributed by atoms with Crippen molar-refractivity contribution in [3.05, 3.63) is 12.4 Å². The molecule has 1 aliphatic rings. The van der Waals surface area contributed by atoms with Crippen molar-refractivity contribution in [3.63, 3.8) is 0 Å². The topological polar surface area (TPSA) is 58.3 Å². The Morgan fingerprint density at radius 1 is 1.14 bits per heavy atom. The van der Waals surface area contributed by atoms with Gasteiger partial charge in [0, 0.05) is 25.7 Å². The number of aromatic nitrogens is 2. The predicted octanol–water partition coefficient (Wildman–Crippen LogP) is 1.84. The van der Waals surface area contributed by atoms with Crippen LogP contribution in [0.4, 0.5) is 5.82 Å². The van der Waals surface area contributed by atoms with E-state index in [2.05, 4.69) is 32.1 Å². The predicted molar refractivity (Wildman–Crippen MR) is 90.0 cm³/mol. The van der Waals surface area contributed by atoms with Crippen molar-refractivity contribution in [2.75, 3.05) is 50.4 Å². The molecule has 0 aliphatic carbocycles. The molecule has 118 valence electrons. The van der Waals surface area contributed by atoms with Gasteiger partial charge in [-0.05, 0) is 45.2 Å². The first-order chi connectivity index (χ1) is 10.3. The fourth-order valence-electron chi connectivity index (χ4n) is 2.69. The lowest BCUT2D eigenvalue weighted by Gasteiger charge is -2.22. The highest BCUT2D eigenvalue weighted by atomic mass is 32.2. The van der Waals surface area contributed by atoms with Gasteiger partial charge in [-0.3, -0.25) is 0 Å². The van der Waals surface area contributed by atoms with Crippen LogP contribution in [0.2, 0.25) is 0 Å². The normalized spacial score (nSPS) is 17.0. The monoisotopic (exact) mass is 309 g/mol. The van der Waals surface area contributed by atoms with Crippen molar-refractivity contribution in [2.24, 2.45) is 5.73 Å². The summed E-state index contributed by atoms with van der Waals surface area (Å²) in [6.45, 7) is 6.49. The van der Waals surface area contributed by atoms with Gasteiger partial charge in [0.25, 0.3) is 0 Å². The molecule has 2 N–H and O–H groups in total. The van der Waals surface area contributed by atoms with E-state index in [9.17, 15) is 0 Å². The van der Waals surface area contributed by atoms with Crippen molar-refractivity contribution in [1.29, 1.82) is 0 Å². The number of nitrogens with zero attached hydrogens (tertiary/aromatic N) is 4. The van der Waals surface area contributed by atoms with Gasteiger partial charge in [-0.1, -0.05) is 6.42 Å². The average molecular weight is 309 g/mol. The van der Waals surface area contributed by atoms with Crippen molar-refractivity contribution in [2.45, 2.75) is 30.7 Å². The van der Waals surface area contributed by atoms with Gasteiger partial charge in [0.1, 0.15) is 17.2 Å². The average Bonchev–Trinajstić information content (AvgIpc) is 2.77.